The number of anilines is 1. The third-order valence-corrected chi connectivity index (χ3v) is 5.08. The highest BCUT2D eigenvalue weighted by Gasteiger charge is 2.62. The van der Waals surface area contributed by atoms with Gasteiger partial charge in [0, 0.05) is 5.69 Å². The van der Waals surface area contributed by atoms with E-state index in [4.69, 9.17) is 9.47 Å². The highest BCUT2D eigenvalue weighted by molar-refractivity contribution is 6.32. The van der Waals surface area contributed by atoms with Crippen LogP contribution in [0.3, 0.4) is 0 Å². The molecular formula is C24H27NO5. The van der Waals surface area contributed by atoms with E-state index in [0.29, 0.717) is 5.69 Å². The smallest absolute Gasteiger partial charge is 0.329 e. The van der Waals surface area contributed by atoms with E-state index in [-0.39, 0.29) is 13.2 Å². The maximum Gasteiger partial charge on any atom is 0.329 e. The number of amides is 1. The number of Topliss-reactive ketones (excluding diaryl/α,β-unsaturated/α-hetero) is 1. The molecule has 0 aliphatic carbocycles. The van der Waals surface area contributed by atoms with Crippen molar-refractivity contribution in [1.82, 2.24) is 0 Å². The number of rotatable bonds is 6. The Kier molecular flexibility index (Phi) is 6.08. The number of carbonyl (C=O) groups excluding carboxylic acids is 3. The lowest BCUT2D eigenvalue weighted by Gasteiger charge is -2.27. The summed E-state index contributed by atoms with van der Waals surface area (Å²) in [6, 6.07) is 17.1. The van der Waals surface area contributed by atoms with Crippen LogP contribution in [-0.4, -0.2) is 35.9 Å². The molecule has 2 aromatic rings. The minimum Gasteiger partial charge on any atom is -0.460 e. The summed E-state index contributed by atoms with van der Waals surface area (Å²) in [5.41, 5.74) is -1.10. The Labute approximate surface area is 176 Å². The maximum atomic E-state index is 13.4. The Morgan fingerprint density at radius 1 is 1.00 bits per heavy atom. The topological polar surface area (TPSA) is 72.9 Å². The first-order valence-electron chi connectivity index (χ1n) is 9.93. The molecular weight excluding hydrogens is 382 g/mol. The van der Waals surface area contributed by atoms with Crippen LogP contribution >= 0.6 is 0 Å². The zero-order valence-corrected chi connectivity index (χ0v) is 17.8. The Morgan fingerprint density at radius 2 is 1.57 bits per heavy atom. The number of hydrogen-bond acceptors (Lipinski definition) is 5. The fourth-order valence-electron chi connectivity index (χ4n) is 3.36. The molecule has 0 bridgehead atoms. The fourth-order valence-corrected chi connectivity index (χ4v) is 3.36. The van der Waals surface area contributed by atoms with Crippen molar-refractivity contribution >= 4 is 23.3 Å². The zero-order chi connectivity index (χ0) is 21.9. The Hall–Kier alpha value is -2.99. The number of carbonyl (C=O) groups is 3. The summed E-state index contributed by atoms with van der Waals surface area (Å²) in [6.45, 7) is 6.93. The Morgan fingerprint density at radius 3 is 2.13 bits per heavy atom. The highest BCUT2D eigenvalue weighted by Crippen LogP contribution is 2.38. The second kappa shape index (κ2) is 8.40. The predicted molar refractivity (Wildman–Crippen MR) is 113 cm³/mol. The van der Waals surface area contributed by atoms with Gasteiger partial charge in [-0.15, -0.1) is 0 Å². The van der Waals surface area contributed by atoms with E-state index >= 15 is 0 Å². The second-order valence-electron chi connectivity index (χ2n) is 8.50. The molecule has 158 valence electrons. The van der Waals surface area contributed by atoms with Gasteiger partial charge in [0.05, 0.1) is 12.2 Å². The van der Waals surface area contributed by atoms with Crippen molar-refractivity contribution in [3.8, 4) is 0 Å². The summed E-state index contributed by atoms with van der Waals surface area (Å²) in [5.74, 6) is -1.96. The number of nitrogens with zero attached hydrogens (tertiary/aromatic N) is 1. The van der Waals surface area contributed by atoms with Gasteiger partial charge in [-0.2, -0.15) is 0 Å². The molecule has 1 amide bonds. The fraction of sp³-hybridized carbons (Fsp3) is 0.375. The molecule has 1 fully saturated rings. The van der Waals surface area contributed by atoms with Gasteiger partial charge in [-0.25, -0.2) is 0 Å². The van der Waals surface area contributed by atoms with Crippen LogP contribution in [0, 0.1) is 5.41 Å². The van der Waals surface area contributed by atoms with E-state index in [1.165, 1.54) is 11.8 Å². The van der Waals surface area contributed by atoms with Crippen molar-refractivity contribution in [2.45, 2.75) is 45.9 Å². The predicted octanol–water partition coefficient (Wildman–Crippen LogP) is 3.54. The summed E-state index contributed by atoms with van der Waals surface area (Å²) in [5, 5.41) is 0. The zero-order valence-electron chi connectivity index (χ0n) is 17.8. The van der Waals surface area contributed by atoms with E-state index in [1.54, 1.807) is 24.3 Å². The van der Waals surface area contributed by atoms with Gasteiger partial charge < -0.3 is 9.47 Å². The Bertz CT molecular complexity index is 920. The number of esters is 1. The molecule has 3 rings (SSSR count). The quantitative estimate of drug-likeness (QED) is 0.539. The molecule has 0 N–H and O–H groups in total. The molecule has 1 saturated heterocycles. The number of benzene rings is 2. The standard InChI is InChI=1S/C24H27NO5/c1-23(2,3)30-16-19-20(26)24(4,21(27)25(19)18-13-9-6-10-14-18)22(28)29-15-17-11-7-5-8-12-17/h5-14,19H,15-16H2,1-4H3/t19-,24-/m0/s1. The van der Waals surface area contributed by atoms with Crippen LogP contribution in [0.25, 0.3) is 0 Å². The third kappa shape index (κ3) is 4.28. The third-order valence-electron chi connectivity index (χ3n) is 5.08. The highest BCUT2D eigenvalue weighted by atomic mass is 16.5. The molecule has 1 heterocycles. The SMILES string of the molecule is CC(C)(C)OC[C@H]1C(=O)[C@](C)(C(=O)OCc2ccccc2)C(=O)N1c1ccccc1. The lowest BCUT2D eigenvalue weighted by atomic mass is 9.86. The minimum atomic E-state index is -1.92. The van der Waals surface area contributed by atoms with Gasteiger partial charge in [-0.1, -0.05) is 48.5 Å². The number of para-hydroxylation sites is 1. The monoisotopic (exact) mass is 409 g/mol. The summed E-state index contributed by atoms with van der Waals surface area (Å²) in [7, 11) is 0. The van der Waals surface area contributed by atoms with E-state index in [9.17, 15) is 14.4 Å². The number of ether oxygens (including phenoxy) is 2. The van der Waals surface area contributed by atoms with Crippen molar-refractivity contribution in [2.24, 2.45) is 5.41 Å². The molecule has 6 heteroatoms. The van der Waals surface area contributed by atoms with Gasteiger partial charge in [0.1, 0.15) is 12.6 Å². The first-order valence-corrected chi connectivity index (χ1v) is 9.93. The van der Waals surface area contributed by atoms with E-state index in [2.05, 4.69) is 0 Å². The van der Waals surface area contributed by atoms with E-state index in [0.717, 1.165) is 5.56 Å². The molecule has 6 nitrogen and oxygen atoms in total. The molecule has 0 radical (unpaired) electrons. The van der Waals surface area contributed by atoms with E-state index in [1.807, 2.05) is 57.2 Å². The van der Waals surface area contributed by atoms with Gasteiger partial charge in [0.25, 0.3) is 5.91 Å². The van der Waals surface area contributed by atoms with Crippen LogP contribution in [0.5, 0.6) is 0 Å². The van der Waals surface area contributed by atoms with Crippen LogP contribution in [0.1, 0.15) is 33.3 Å². The summed E-state index contributed by atoms with van der Waals surface area (Å²) >= 11 is 0. The number of ketones is 1. The largest absolute Gasteiger partial charge is 0.460 e. The van der Waals surface area contributed by atoms with Crippen molar-refractivity contribution in [2.75, 3.05) is 11.5 Å². The molecule has 0 saturated carbocycles. The first kappa shape index (κ1) is 21.7. The van der Waals surface area contributed by atoms with E-state index < -0.39 is 34.7 Å². The normalized spacial score (nSPS) is 21.7. The molecule has 30 heavy (non-hydrogen) atoms. The number of hydrogen-bond donors (Lipinski definition) is 0. The van der Waals surface area contributed by atoms with Crippen LogP contribution in [0.4, 0.5) is 5.69 Å². The lowest BCUT2D eigenvalue weighted by molar-refractivity contribution is -0.162. The van der Waals surface area contributed by atoms with Gasteiger partial charge >= 0.3 is 5.97 Å². The van der Waals surface area contributed by atoms with Crippen LogP contribution in [0.2, 0.25) is 0 Å². The van der Waals surface area contributed by atoms with Crippen molar-refractivity contribution in [1.29, 1.82) is 0 Å². The van der Waals surface area contributed by atoms with Crippen molar-refractivity contribution in [3.63, 3.8) is 0 Å². The van der Waals surface area contributed by atoms with Crippen LogP contribution in [0.15, 0.2) is 60.7 Å². The minimum absolute atomic E-state index is 0.00940. The molecule has 1 aliphatic heterocycles. The molecule has 0 unspecified atom stereocenters. The molecule has 1 aliphatic rings. The summed E-state index contributed by atoms with van der Waals surface area (Å²) in [6.07, 6.45) is 0. The summed E-state index contributed by atoms with van der Waals surface area (Å²) < 4.78 is 11.2. The van der Waals surface area contributed by atoms with Gasteiger partial charge in [-0.3, -0.25) is 19.3 Å². The van der Waals surface area contributed by atoms with Crippen LogP contribution < -0.4 is 4.90 Å². The van der Waals surface area contributed by atoms with Crippen molar-refractivity contribution in [3.05, 3.63) is 66.2 Å². The maximum absolute atomic E-state index is 13.4. The average molecular weight is 409 g/mol. The lowest BCUT2D eigenvalue weighted by Crippen LogP contribution is -2.42. The van der Waals surface area contributed by atoms with Gasteiger partial charge in [-0.05, 0) is 45.4 Å². The molecule has 0 aromatic heterocycles. The molecule has 2 aromatic carbocycles. The molecule has 0 spiro atoms. The average Bonchev–Trinajstić information content (AvgIpc) is 2.93. The second-order valence-corrected chi connectivity index (χ2v) is 8.50. The van der Waals surface area contributed by atoms with Gasteiger partial charge in [0.2, 0.25) is 5.41 Å². The van der Waals surface area contributed by atoms with Gasteiger partial charge in [0.15, 0.2) is 5.78 Å². The first-order chi connectivity index (χ1) is 14.1. The van der Waals surface area contributed by atoms with Crippen molar-refractivity contribution < 1.29 is 23.9 Å². The molecule has 2 atom stereocenters. The summed E-state index contributed by atoms with van der Waals surface area (Å²) in [4.78, 5) is 41.0. The Balaban J connectivity index is 1.89. The van der Waals surface area contributed by atoms with Crippen LogP contribution in [-0.2, 0) is 30.5 Å².